The third-order valence-electron chi connectivity index (χ3n) is 3.84. The van der Waals surface area contributed by atoms with Crippen molar-refractivity contribution >= 4 is 5.91 Å². The van der Waals surface area contributed by atoms with Gasteiger partial charge in [0.1, 0.15) is 17.6 Å². The summed E-state index contributed by atoms with van der Waals surface area (Å²) in [5.41, 5.74) is 0.658. The number of aryl methyl sites for hydroxylation is 2. The largest absolute Gasteiger partial charge is 0.473 e. The lowest BCUT2D eigenvalue weighted by Gasteiger charge is -2.31. The van der Waals surface area contributed by atoms with Crippen LogP contribution in [0.5, 0.6) is 5.88 Å². The van der Waals surface area contributed by atoms with Gasteiger partial charge in [-0.2, -0.15) is 5.10 Å². The second kappa shape index (κ2) is 6.17. The molecule has 1 amide bonds. The molecule has 0 saturated carbocycles. The highest BCUT2D eigenvalue weighted by atomic mass is 16.5. The first-order valence-corrected chi connectivity index (χ1v) is 7.44. The average Bonchev–Trinajstić information content (AvgIpc) is 2.87. The Balaban J connectivity index is 1.57. The lowest BCUT2D eigenvalue weighted by molar-refractivity contribution is 0.0584. The summed E-state index contributed by atoms with van der Waals surface area (Å²) in [4.78, 5) is 14.4. The fourth-order valence-electron chi connectivity index (χ4n) is 2.71. The predicted octanol–water partition coefficient (Wildman–Crippen LogP) is 2.37. The van der Waals surface area contributed by atoms with Crippen LogP contribution >= 0.6 is 0 Å². The molecule has 1 aliphatic heterocycles. The summed E-state index contributed by atoms with van der Waals surface area (Å²) in [5.74, 6) is 2.02. The van der Waals surface area contributed by atoms with E-state index in [2.05, 4.69) is 10.2 Å². The van der Waals surface area contributed by atoms with E-state index in [4.69, 9.17) is 9.15 Å². The monoisotopic (exact) mass is 301 g/mol. The molecule has 1 aliphatic rings. The van der Waals surface area contributed by atoms with E-state index >= 15 is 0 Å². The number of aromatic nitrogens is 2. The summed E-state index contributed by atoms with van der Waals surface area (Å²) in [5, 5.41) is 7.72. The Morgan fingerprint density at radius 2 is 2.14 bits per heavy atom. The summed E-state index contributed by atoms with van der Waals surface area (Å²) in [6.07, 6.45) is 3.27. The number of hydrogen-bond donors (Lipinski definition) is 0. The average molecular weight is 301 g/mol. The second-order valence-corrected chi connectivity index (χ2v) is 5.50. The van der Waals surface area contributed by atoms with Gasteiger partial charge in [0, 0.05) is 38.2 Å². The molecule has 1 saturated heterocycles. The Morgan fingerprint density at radius 1 is 1.36 bits per heavy atom. The number of carbonyl (C=O) groups excluding carboxylic acids is 1. The standard InChI is InChI=1S/C16H19N3O3/c1-11-10-14(12(2)21-11)16(20)19-8-5-13(6-9-19)22-15-4-3-7-17-18-15/h3-4,7,10,13H,5-6,8-9H2,1-2H3. The van der Waals surface area contributed by atoms with E-state index in [1.165, 1.54) is 0 Å². The Bertz CT molecular complexity index is 646. The molecular formula is C16H19N3O3. The van der Waals surface area contributed by atoms with Gasteiger partial charge in [0.15, 0.2) is 0 Å². The zero-order chi connectivity index (χ0) is 15.5. The lowest BCUT2D eigenvalue weighted by Crippen LogP contribution is -2.41. The first kappa shape index (κ1) is 14.6. The zero-order valence-electron chi connectivity index (χ0n) is 12.8. The molecule has 0 unspecified atom stereocenters. The molecule has 3 rings (SSSR count). The van der Waals surface area contributed by atoms with Gasteiger partial charge in [-0.3, -0.25) is 4.79 Å². The Kier molecular flexibility index (Phi) is 4.09. The van der Waals surface area contributed by atoms with Gasteiger partial charge < -0.3 is 14.1 Å². The van der Waals surface area contributed by atoms with Crippen molar-refractivity contribution in [3.05, 3.63) is 41.5 Å². The number of nitrogens with zero attached hydrogens (tertiary/aromatic N) is 3. The van der Waals surface area contributed by atoms with Crippen molar-refractivity contribution in [3.8, 4) is 5.88 Å². The van der Waals surface area contributed by atoms with E-state index in [-0.39, 0.29) is 12.0 Å². The maximum Gasteiger partial charge on any atom is 0.257 e. The number of likely N-dealkylation sites (tertiary alicyclic amines) is 1. The molecule has 0 bridgehead atoms. The van der Waals surface area contributed by atoms with E-state index in [0.717, 1.165) is 18.6 Å². The second-order valence-electron chi connectivity index (χ2n) is 5.50. The van der Waals surface area contributed by atoms with E-state index in [0.29, 0.717) is 30.3 Å². The van der Waals surface area contributed by atoms with Crippen molar-refractivity contribution in [2.24, 2.45) is 0 Å². The highest BCUT2D eigenvalue weighted by Gasteiger charge is 2.26. The summed E-state index contributed by atoms with van der Waals surface area (Å²) >= 11 is 0. The minimum atomic E-state index is 0.0345. The Morgan fingerprint density at radius 3 is 2.73 bits per heavy atom. The van der Waals surface area contributed by atoms with Crippen LogP contribution < -0.4 is 4.74 Å². The highest BCUT2D eigenvalue weighted by molar-refractivity contribution is 5.95. The topological polar surface area (TPSA) is 68.5 Å². The molecule has 2 aromatic heterocycles. The van der Waals surface area contributed by atoms with Crippen molar-refractivity contribution in [2.45, 2.75) is 32.8 Å². The smallest absolute Gasteiger partial charge is 0.257 e. The van der Waals surface area contributed by atoms with Crippen molar-refractivity contribution in [1.82, 2.24) is 15.1 Å². The van der Waals surface area contributed by atoms with Crippen LogP contribution in [-0.2, 0) is 0 Å². The number of rotatable bonds is 3. The van der Waals surface area contributed by atoms with Gasteiger partial charge in [-0.1, -0.05) is 0 Å². The molecule has 1 fully saturated rings. The van der Waals surface area contributed by atoms with Gasteiger partial charge in [0.25, 0.3) is 5.91 Å². The van der Waals surface area contributed by atoms with Crippen LogP contribution in [-0.4, -0.2) is 40.2 Å². The molecule has 6 nitrogen and oxygen atoms in total. The third kappa shape index (κ3) is 3.10. The first-order valence-electron chi connectivity index (χ1n) is 7.44. The molecule has 6 heteroatoms. The first-order chi connectivity index (χ1) is 10.6. The van der Waals surface area contributed by atoms with Crippen LogP contribution in [0.15, 0.2) is 28.8 Å². The van der Waals surface area contributed by atoms with E-state index in [9.17, 15) is 4.79 Å². The van der Waals surface area contributed by atoms with Gasteiger partial charge in [-0.15, -0.1) is 5.10 Å². The molecule has 116 valence electrons. The van der Waals surface area contributed by atoms with Crippen molar-refractivity contribution in [3.63, 3.8) is 0 Å². The molecule has 0 N–H and O–H groups in total. The lowest BCUT2D eigenvalue weighted by atomic mass is 10.1. The molecule has 22 heavy (non-hydrogen) atoms. The minimum absolute atomic E-state index is 0.0345. The van der Waals surface area contributed by atoms with Crippen LogP contribution in [0.4, 0.5) is 0 Å². The van der Waals surface area contributed by atoms with E-state index in [1.807, 2.05) is 18.7 Å². The van der Waals surface area contributed by atoms with E-state index in [1.54, 1.807) is 24.4 Å². The van der Waals surface area contributed by atoms with Crippen LogP contribution in [0.25, 0.3) is 0 Å². The number of furan rings is 1. The molecule has 0 aliphatic carbocycles. The van der Waals surface area contributed by atoms with Gasteiger partial charge >= 0.3 is 0 Å². The van der Waals surface area contributed by atoms with Gasteiger partial charge in [-0.05, 0) is 26.0 Å². The third-order valence-corrected chi connectivity index (χ3v) is 3.84. The van der Waals surface area contributed by atoms with Crippen LogP contribution in [0.1, 0.15) is 34.7 Å². The maximum absolute atomic E-state index is 12.5. The molecule has 0 radical (unpaired) electrons. The number of carbonyl (C=O) groups is 1. The summed E-state index contributed by atoms with van der Waals surface area (Å²) in [7, 11) is 0. The van der Waals surface area contributed by atoms with Crippen LogP contribution in [0.2, 0.25) is 0 Å². The minimum Gasteiger partial charge on any atom is -0.473 e. The fourth-order valence-corrected chi connectivity index (χ4v) is 2.71. The molecular weight excluding hydrogens is 282 g/mol. The number of ether oxygens (including phenoxy) is 1. The van der Waals surface area contributed by atoms with E-state index < -0.39 is 0 Å². The highest BCUT2D eigenvalue weighted by Crippen LogP contribution is 2.21. The van der Waals surface area contributed by atoms with Crippen molar-refractivity contribution in [2.75, 3.05) is 13.1 Å². The van der Waals surface area contributed by atoms with Crippen LogP contribution in [0.3, 0.4) is 0 Å². The van der Waals surface area contributed by atoms with Gasteiger partial charge in [0.2, 0.25) is 5.88 Å². The maximum atomic E-state index is 12.5. The SMILES string of the molecule is Cc1cc(C(=O)N2CCC(Oc3cccnn3)CC2)c(C)o1. The quantitative estimate of drug-likeness (QED) is 0.870. The Labute approximate surface area is 129 Å². The molecule has 0 aromatic carbocycles. The number of amides is 1. The molecule has 0 atom stereocenters. The summed E-state index contributed by atoms with van der Waals surface area (Å²) in [6, 6.07) is 5.40. The zero-order valence-corrected chi connectivity index (χ0v) is 12.8. The summed E-state index contributed by atoms with van der Waals surface area (Å²) in [6.45, 7) is 5.02. The van der Waals surface area contributed by atoms with Crippen LogP contribution in [0, 0.1) is 13.8 Å². The summed E-state index contributed by atoms with van der Waals surface area (Å²) < 4.78 is 11.2. The predicted molar refractivity (Wildman–Crippen MR) is 79.8 cm³/mol. The Hall–Kier alpha value is -2.37. The number of piperidine rings is 1. The van der Waals surface area contributed by atoms with Gasteiger partial charge in [-0.25, -0.2) is 0 Å². The van der Waals surface area contributed by atoms with Crippen molar-refractivity contribution in [1.29, 1.82) is 0 Å². The molecule has 0 spiro atoms. The number of hydrogen-bond acceptors (Lipinski definition) is 5. The van der Waals surface area contributed by atoms with Gasteiger partial charge in [0.05, 0.1) is 5.56 Å². The van der Waals surface area contributed by atoms with Crippen molar-refractivity contribution < 1.29 is 13.9 Å². The fraction of sp³-hybridized carbons (Fsp3) is 0.438. The normalized spacial score (nSPS) is 15.8. The molecule has 2 aromatic rings. The molecule has 3 heterocycles.